The second-order valence-electron chi connectivity index (χ2n) is 3.97. The summed E-state index contributed by atoms with van der Waals surface area (Å²) in [6, 6.07) is 0. The minimum Gasteiger partial charge on any atom is -0.481 e. The molecule has 0 amide bonds. The van der Waals surface area contributed by atoms with Gasteiger partial charge >= 0.3 is 5.97 Å². The van der Waals surface area contributed by atoms with Crippen molar-refractivity contribution in [1.82, 2.24) is 0 Å². The molecule has 0 saturated carbocycles. The molecule has 3 heteroatoms. The lowest BCUT2D eigenvalue weighted by Crippen LogP contribution is -2.08. The highest BCUT2D eigenvalue weighted by Gasteiger charge is 2.16. The van der Waals surface area contributed by atoms with Gasteiger partial charge in [-0.1, -0.05) is 24.3 Å². The number of allylic oxidation sites excluding steroid dienone is 4. The minimum atomic E-state index is -0.671. The van der Waals surface area contributed by atoms with Gasteiger partial charge in [0.25, 0.3) is 0 Å². The Morgan fingerprint density at radius 2 is 1.53 bits per heavy atom. The van der Waals surface area contributed by atoms with E-state index in [1.807, 2.05) is 12.2 Å². The fourth-order valence-corrected chi connectivity index (χ4v) is 1.64. The lowest BCUT2D eigenvalue weighted by Gasteiger charge is -1.99. The second kappa shape index (κ2) is 6.40. The number of aliphatic carboxylic acids is 1. The Morgan fingerprint density at radius 3 is 1.80 bits per heavy atom. The van der Waals surface area contributed by atoms with Crippen LogP contribution in [0.5, 0.6) is 0 Å². The van der Waals surface area contributed by atoms with Crippen LogP contribution in [-0.4, -0.2) is 22.8 Å². The zero-order valence-electron chi connectivity index (χ0n) is 8.80. The van der Waals surface area contributed by atoms with Gasteiger partial charge in [-0.3, -0.25) is 4.79 Å². The Morgan fingerprint density at radius 1 is 1.07 bits per heavy atom. The van der Waals surface area contributed by atoms with Crippen LogP contribution >= 0.6 is 0 Å². The maximum absolute atomic E-state index is 10.2. The Bertz CT molecular complexity index is 240. The number of hydrogen-bond acceptors (Lipinski definition) is 2. The highest BCUT2D eigenvalue weighted by molar-refractivity contribution is 5.70. The van der Waals surface area contributed by atoms with Crippen LogP contribution in [-0.2, 0) is 4.79 Å². The quantitative estimate of drug-likeness (QED) is 0.685. The first-order valence-corrected chi connectivity index (χ1v) is 5.37. The van der Waals surface area contributed by atoms with Crippen LogP contribution in [0.2, 0.25) is 0 Å². The molecular weight excluding hydrogens is 192 g/mol. The summed E-state index contributed by atoms with van der Waals surface area (Å²) in [5.74, 6) is -0.259. The topological polar surface area (TPSA) is 57.5 Å². The van der Waals surface area contributed by atoms with Crippen LogP contribution in [0.25, 0.3) is 0 Å². The number of aliphatic hydroxyl groups is 1. The van der Waals surface area contributed by atoms with Crippen LogP contribution in [0.15, 0.2) is 24.3 Å². The van der Waals surface area contributed by atoms with Crippen LogP contribution in [0, 0.1) is 11.8 Å². The van der Waals surface area contributed by atoms with Crippen molar-refractivity contribution >= 4 is 5.97 Å². The number of rotatable bonds is 2. The van der Waals surface area contributed by atoms with Crippen molar-refractivity contribution in [1.29, 1.82) is 0 Å². The third-order valence-electron chi connectivity index (χ3n) is 2.72. The number of aliphatic hydroxyl groups excluding tert-OH is 1. The maximum atomic E-state index is 10.2. The molecule has 2 aliphatic carbocycles. The van der Waals surface area contributed by atoms with Gasteiger partial charge in [0.2, 0.25) is 0 Å². The van der Waals surface area contributed by atoms with E-state index in [0.717, 1.165) is 25.7 Å². The molecule has 2 rings (SSSR count). The summed E-state index contributed by atoms with van der Waals surface area (Å²) in [6.45, 7) is 0.354. The van der Waals surface area contributed by atoms with E-state index >= 15 is 0 Å². The summed E-state index contributed by atoms with van der Waals surface area (Å²) in [5, 5.41) is 16.9. The van der Waals surface area contributed by atoms with Crippen molar-refractivity contribution in [3.63, 3.8) is 0 Å². The Balaban J connectivity index is 0.000000151. The van der Waals surface area contributed by atoms with Gasteiger partial charge in [-0.2, -0.15) is 0 Å². The van der Waals surface area contributed by atoms with Crippen molar-refractivity contribution in [2.45, 2.75) is 25.7 Å². The summed E-state index contributed by atoms with van der Waals surface area (Å²) in [7, 11) is 0. The van der Waals surface area contributed by atoms with Gasteiger partial charge < -0.3 is 10.2 Å². The van der Waals surface area contributed by atoms with E-state index in [1.54, 1.807) is 0 Å². The fraction of sp³-hybridized carbons (Fsp3) is 0.583. The van der Waals surface area contributed by atoms with E-state index in [-0.39, 0.29) is 5.92 Å². The molecule has 0 spiro atoms. The average molecular weight is 210 g/mol. The van der Waals surface area contributed by atoms with Crippen LogP contribution in [0.3, 0.4) is 0 Å². The first kappa shape index (κ1) is 12.0. The van der Waals surface area contributed by atoms with Crippen molar-refractivity contribution in [3.8, 4) is 0 Å². The number of carboxylic acid groups (broad SMARTS) is 1. The lowest BCUT2D eigenvalue weighted by atomic mass is 10.1. The zero-order valence-corrected chi connectivity index (χ0v) is 8.80. The fourth-order valence-electron chi connectivity index (χ4n) is 1.64. The highest BCUT2D eigenvalue weighted by Crippen LogP contribution is 2.17. The van der Waals surface area contributed by atoms with E-state index in [9.17, 15) is 4.79 Å². The minimum absolute atomic E-state index is 0.130. The number of carbonyl (C=O) groups is 1. The summed E-state index contributed by atoms with van der Waals surface area (Å²) >= 11 is 0. The van der Waals surface area contributed by atoms with E-state index in [0.29, 0.717) is 12.5 Å². The lowest BCUT2D eigenvalue weighted by molar-refractivity contribution is -0.141. The molecule has 0 unspecified atom stereocenters. The first-order valence-electron chi connectivity index (χ1n) is 5.37. The van der Waals surface area contributed by atoms with Crippen molar-refractivity contribution in [3.05, 3.63) is 24.3 Å². The van der Waals surface area contributed by atoms with Crippen LogP contribution in [0.1, 0.15) is 25.7 Å². The number of hydrogen-bond donors (Lipinski definition) is 2. The summed E-state index contributed by atoms with van der Waals surface area (Å²) in [5.41, 5.74) is 0. The van der Waals surface area contributed by atoms with Crippen molar-refractivity contribution in [2.24, 2.45) is 11.8 Å². The predicted molar refractivity (Wildman–Crippen MR) is 58.4 cm³/mol. The smallest absolute Gasteiger partial charge is 0.307 e. The molecule has 0 radical (unpaired) electrons. The van der Waals surface area contributed by atoms with Gasteiger partial charge in [0, 0.05) is 6.61 Å². The SMILES string of the molecule is O=C(O)C1CC=CC1.OCC1CC=CC1. The zero-order chi connectivity index (χ0) is 11.1. The molecule has 0 aromatic heterocycles. The Hall–Kier alpha value is -1.09. The van der Waals surface area contributed by atoms with Crippen LogP contribution in [0.4, 0.5) is 0 Å². The first-order chi connectivity index (χ1) is 7.24. The molecule has 0 aromatic rings. The Labute approximate surface area is 90.1 Å². The molecule has 0 fully saturated rings. The molecule has 0 aromatic carbocycles. The van der Waals surface area contributed by atoms with E-state index < -0.39 is 5.97 Å². The molecule has 0 atom stereocenters. The standard InChI is InChI=1S/C6H8O2.C6H10O/c7-6(8)5-3-1-2-4-5;7-5-6-3-1-2-4-6/h1-2,5H,3-4H2,(H,7,8);1-2,6-7H,3-5H2. The normalized spacial score (nSPS) is 20.3. The van der Waals surface area contributed by atoms with Gasteiger partial charge in [0.05, 0.1) is 5.92 Å². The highest BCUT2D eigenvalue weighted by atomic mass is 16.4. The third kappa shape index (κ3) is 4.30. The largest absolute Gasteiger partial charge is 0.481 e. The molecule has 0 saturated heterocycles. The molecule has 0 aliphatic heterocycles. The number of carboxylic acids is 1. The van der Waals surface area contributed by atoms with Crippen molar-refractivity contribution < 1.29 is 15.0 Å². The third-order valence-corrected chi connectivity index (χ3v) is 2.72. The van der Waals surface area contributed by atoms with Gasteiger partial charge in [0.15, 0.2) is 0 Å². The predicted octanol–water partition coefficient (Wildman–Crippen LogP) is 1.98. The molecular formula is C12H18O3. The van der Waals surface area contributed by atoms with Crippen molar-refractivity contribution in [2.75, 3.05) is 6.61 Å². The average Bonchev–Trinajstić information content (AvgIpc) is 2.92. The van der Waals surface area contributed by atoms with E-state index in [2.05, 4.69) is 12.2 Å². The molecule has 0 heterocycles. The maximum Gasteiger partial charge on any atom is 0.307 e. The molecule has 3 nitrogen and oxygen atoms in total. The molecule has 0 bridgehead atoms. The molecule has 2 N–H and O–H groups in total. The summed E-state index contributed by atoms with van der Waals surface area (Å²) in [4.78, 5) is 10.2. The van der Waals surface area contributed by atoms with Gasteiger partial charge in [-0.05, 0) is 31.6 Å². The molecule has 2 aliphatic rings. The summed E-state index contributed by atoms with van der Waals surface area (Å²) < 4.78 is 0. The molecule has 15 heavy (non-hydrogen) atoms. The van der Waals surface area contributed by atoms with Gasteiger partial charge in [0.1, 0.15) is 0 Å². The Kier molecular flexibility index (Phi) is 5.12. The van der Waals surface area contributed by atoms with Crippen LogP contribution < -0.4 is 0 Å². The van der Waals surface area contributed by atoms with Gasteiger partial charge in [-0.25, -0.2) is 0 Å². The monoisotopic (exact) mass is 210 g/mol. The second-order valence-corrected chi connectivity index (χ2v) is 3.97. The molecule has 84 valence electrons. The van der Waals surface area contributed by atoms with E-state index in [1.165, 1.54) is 0 Å². The summed E-state index contributed by atoms with van der Waals surface area (Å²) in [6.07, 6.45) is 11.7. The van der Waals surface area contributed by atoms with E-state index in [4.69, 9.17) is 10.2 Å². The van der Waals surface area contributed by atoms with Gasteiger partial charge in [-0.15, -0.1) is 0 Å².